The zero-order chi connectivity index (χ0) is 16.5. The van der Waals surface area contributed by atoms with Crippen LogP contribution in [0.1, 0.15) is 25.2 Å². The number of hydrogen-bond acceptors (Lipinski definition) is 5. The number of aryl methyl sites for hydroxylation is 1. The number of nitrogens with zero attached hydrogens (tertiary/aromatic N) is 2. The van der Waals surface area contributed by atoms with Crippen LogP contribution in [0.2, 0.25) is 5.02 Å². The average molecular weight is 337 g/mol. The topological polar surface area (TPSA) is 80.0 Å². The molecule has 0 radical (unpaired) electrons. The molecule has 0 bridgehead atoms. The summed E-state index contributed by atoms with van der Waals surface area (Å²) in [5.74, 6) is 1.13. The van der Waals surface area contributed by atoms with Crippen molar-refractivity contribution >= 4 is 17.5 Å². The van der Waals surface area contributed by atoms with E-state index in [2.05, 4.69) is 20.8 Å². The fourth-order valence-electron chi connectivity index (χ4n) is 2.05. The van der Waals surface area contributed by atoms with Gasteiger partial charge in [0.25, 0.3) is 0 Å². The fourth-order valence-corrected chi connectivity index (χ4v) is 2.18. The van der Waals surface area contributed by atoms with Crippen molar-refractivity contribution in [3.63, 3.8) is 0 Å². The Morgan fingerprint density at radius 2 is 2.00 bits per heavy atom. The number of halogens is 1. The van der Waals surface area contributed by atoms with E-state index in [1.54, 1.807) is 12.1 Å². The molecule has 1 aromatic heterocycles. The van der Waals surface area contributed by atoms with Gasteiger partial charge in [-0.15, -0.1) is 0 Å². The van der Waals surface area contributed by atoms with Crippen molar-refractivity contribution in [3.8, 4) is 11.4 Å². The van der Waals surface area contributed by atoms with Gasteiger partial charge in [0, 0.05) is 30.0 Å². The molecule has 6 nitrogen and oxygen atoms in total. The van der Waals surface area contributed by atoms with E-state index in [0.29, 0.717) is 42.5 Å². The maximum absolute atomic E-state index is 11.6. The van der Waals surface area contributed by atoms with E-state index < -0.39 is 0 Å². The highest BCUT2D eigenvalue weighted by atomic mass is 35.5. The van der Waals surface area contributed by atoms with E-state index >= 15 is 0 Å². The number of carbonyl (C=O) groups is 1. The van der Waals surface area contributed by atoms with E-state index in [1.165, 1.54) is 0 Å². The highest BCUT2D eigenvalue weighted by Crippen LogP contribution is 2.19. The van der Waals surface area contributed by atoms with Crippen LogP contribution in [-0.2, 0) is 11.2 Å². The smallest absolute Gasteiger partial charge is 0.226 e. The minimum absolute atomic E-state index is 0.0542. The maximum atomic E-state index is 11.6. The number of hydrogen-bond donors (Lipinski definition) is 2. The SMILES string of the molecule is CNCCCNC(=O)CCCc1nc(-c2ccc(Cl)cc2)no1. The lowest BCUT2D eigenvalue weighted by Gasteiger charge is -2.03. The second-order valence-electron chi connectivity index (χ2n) is 5.18. The van der Waals surface area contributed by atoms with Gasteiger partial charge >= 0.3 is 0 Å². The first-order chi connectivity index (χ1) is 11.2. The van der Waals surface area contributed by atoms with Gasteiger partial charge in [0.2, 0.25) is 17.6 Å². The Morgan fingerprint density at radius 3 is 2.74 bits per heavy atom. The van der Waals surface area contributed by atoms with E-state index in [1.807, 2.05) is 19.2 Å². The molecular formula is C16H21ClN4O2. The van der Waals surface area contributed by atoms with E-state index in [0.717, 1.165) is 18.5 Å². The van der Waals surface area contributed by atoms with Gasteiger partial charge in [-0.3, -0.25) is 4.79 Å². The Hall–Kier alpha value is -1.92. The normalized spacial score (nSPS) is 10.7. The fraction of sp³-hybridized carbons (Fsp3) is 0.438. The molecule has 2 rings (SSSR count). The third-order valence-electron chi connectivity index (χ3n) is 3.29. The van der Waals surface area contributed by atoms with E-state index in [9.17, 15) is 4.79 Å². The van der Waals surface area contributed by atoms with Crippen LogP contribution < -0.4 is 10.6 Å². The summed E-state index contributed by atoms with van der Waals surface area (Å²) in [5.41, 5.74) is 0.853. The average Bonchev–Trinajstić information content (AvgIpc) is 3.01. The highest BCUT2D eigenvalue weighted by Gasteiger charge is 2.09. The molecule has 0 fully saturated rings. The summed E-state index contributed by atoms with van der Waals surface area (Å²) in [6.07, 6.45) is 2.65. The number of benzene rings is 1. The molecule has 2 N–H and O–H groups in total. The summed E-state index contributed by atoms with van der Waals surface area (Å²) < 4.78 is 5.21. The number of amides is 1. The van der Waals surface area contributed by atoms with Crippen LogP contribution in [0, 0.1) is 0 Å². The molecule has 23 heavy (non-hydrogen) atoms. The van der Waals surface area contributed by atoms with Crippen LogP contribution >= 0.6 is 11.6 Å². The van der Waals surface area contributed by atoms with Gasteiger partial charge in [-0.2, -0.15) is 4.98 Å². The largest absolute Gasteiger partial charge is 0.356 e. The van der Waals surface area contributed by atoms with E-state index in [4.69, 9.17) is 16.1 Å². The number of aromatic nitrogens is 2. The first kappa shape index (κ1) is 17.4. The standard InChI is InChI=1S/C16H21ClN4O2/c1-18-10-3-11-19-14(22)4-2-5-15-20-16(21-23-15)12-6-8-13(17)9-7-12/h6-9,18H,2-5,10-11H2,1H3,(H,19,22). The summed E-state index contributed by atoms with van der Waals surface area (Å²) in [7, 11) is 1.89. The third kappa shape index (κ3) is 6.00. The zero-order valence-electron chi connectivity index (χ0n) is 13.1. The Kier molecular flexibility index (Phi) is 7.03. The molecule has 2 aromatic rings. The second-order valence-corrected chi connectivity index (χ2v) is 5.62. The van der Waals surface area contributed by atoms with Gasteiger partial charge in [-0.05, 0) is 50.7 Å². The van der Waals surface area contributed by atoms with Crippen LogP contribution in [0.5, 0.6) is 0 Å². The second kappa shape index (κ2) is 9.27. The molecule has 1 aromatic carbocycles. The summed E-state index contributed by atoms with van der Waals surface area (Å²) in [5, 5.41) is 10.5. The molecule has 0 spiro atoms. The van der Waals surface area contributed by atoms with Crippen LogP contribution in [0.25, 0.3) is 11.4 Å². The van der Waals surface area contributed by atoms with Crippen molar-refractivity contribution in [2.75, 3.05) is 20.1 Å². The van der Waals surface area contributed by atoms with Crippen molar-refractivity contribution in [2.24, 2.45) is 0 Å². The highest BCUT2D eigenvalue weighted by molar-refractivity contribution is 6.30. The predicted molar refractivity (Wildman–Crippen MR) is 89.2 cm³/mol. The lowest BCUT2D eigenvalue weighted by atomic mass is 10.2. The number of nitrogens with one attached hydrogen (secondary N) is 2. The Bertz CT molecular complexity index is 613. The quantitative estimate of drug-likeness (QED) is 0.687. The lowest BCUT2D eigenvalue weighted by Crippen LogP contribution is -2.26. The molecule has 1 heterocycles. The van der Waals surface area contributed by atoms with Crippen LogP contribution in [-0.4, -0.2) is 36.2 Å². The van der Waals surface area contributed by atoms with Crippen molar-refractivity contribution in [3.05, 3.63) is 35.2 Å². The molecule has 0 unspecified atom stereocenters. The molecular weight excluding hydrogens is 316 g/mol. The molecule has 0 aliphatic rings. The number of carbonyl (C=O) groups excluding carboxylic acids is 1. The predicted octanol–water partition coefficient (Wildman–Crippen LogP) is 2.44. The van der Waals surface area contributed by atoms with Crippen molar-refractivity contribution < 1.29 is 9.32 Å². The molecule has 0 saturated carbocycles. The van der Waals surface area contributed by atoms with Crippen LogP contribution in [0.4, 0.5) is 0 Å². The van der Waals surface area contributed by atoms with Gasteiger partial charge in [0.05, 0.1) is 0 Å². The number of rotatable bonds is 9. The summed E-state index contributed by atoms with van der Waals surface area (Å²) >= 11 is 5.85. The molecule has 0 aliphatic carbocycles. The van der Waals surface area contributed by atoms with E-state index in [-0.39, 0.29) is 5.91 Å². The van der Waals surface area contributed by atoms with Crippen molar-refractivity contribution in [1.29, 1.82) is 0 Å². The van der Waals surface area contributed by atoms with Crippen LogP contribution in [0.15, 0.2) is 28.8 Å². The molecule has 0 saturated heterocycles. The third-order valence-corrected chi connectivity index (χ3v) is 3.54. The van der Waals surface area contributed by atoms with Crippen molar-refractivity contribution in [2.45, 2.75) is 25.7 Å². The Morgan fingerprint density at radius 1 is 1.22 bits per heavy atom. The van der Waals surface area contributed by atoms with Gasteiger partial charge in [-0.1, -0.05) is 16.8 Å². The van der Waals surface area contributed by atoms with Crippen LogP contribution in [0.3, 0.4) is 0 Å². The molecule has 0 aliphatic heterocycles. The Labute approximate surface area is 140 Å². The first-order valence-corrected chi connectivity index (χ1v) is 8.06. The molecule has 7 heteroatoms. The molecule has 124 valence electrons. The zero-order valence-corrected chi connectivity index (χ0v) is 13.9. The monoisotopic (exact) mass is 336 g/mol. The molecule has 1 amide bonds. The minimum Gasteiger partial charge on any atom is -0.356 e. The molecule has 0 atom stereocenters. The van der Waals surface area contributed by atoms with Gasteiger partial charge < -0.3 is 15.2 Å². The van der Waals surface area contributed by atoms with Gasteiger partial charge in [0.15, 0.2) is 0 Å². The summed E-state index contributed by atoms with van der Waals surface area (Å²) in [4.78, 5) is 16.0. The van der Waals surface area contributed by atoms with Gasteiger partial charge in [0.1, 0.15) is 0 Å². The summed E-state index contributed by atoms with van der Waals surface area (Å²) in [6.45, 7) is 1.59. The van der Waals surface area contributed by atoms with Gasteiger partial charge in [-0.25, -0.2) is 0 Å². The lowest BCUT2D eigenvalue weighted by molar-refractivity contribution is -0.121. The minimum atomic E-state index is 0.0542. The Balaban J connectivity index is 1.72. The first-order valence-electron chi connectivity index (χ1n) is 7.69. The van der Waals surface area contributed by atoms with Crippen molar-refractivity contribution in [1.82, 2.24) is 20.8 Å². The summed E-state index contributed by atoms with van der Waals surface area (Å²) in [6, 6.07) is 7.25. The maximum Gasteiger partial charge on any atom is 0.226 e.